The minimum atomic E-state index is -3.28. The summed E-state index contributed by atoms with van der Waals surface area (Å²) >= 11 is 0. The molecule has 6 nitrogen and oxygen atoms in total. The number of hydrogen-bond donors (Lipinski definition) is 0. The van der Waals surface area contributed by atoms with Gasteiger partial charge in [0.25, 0.3) is 0 Å². The van der Waals surface area contributed by atoms with Crippen LogP contribution in [0, 0.1) is 23.1 Å². The summed E-state index contributed by atoms with van der Waals surface area (Å²) in [5.74, 6) is -0.556. The fraction of sp³-hybridized carbons (Fsp3) is 0.440. The summed E-state index contributed by atoms with van der Waals surface area (Å²) in [5, 5.41) is 9.02. The molecule has 0 radical (unpaired) electrons. The lowest BCUT2D eigenvalue weighted by Gasteiger charge is -2.34. The van der Waals surface area contributed by atoms with E-state index >= 15 is 0 Å². The third-order valence-corrected chi connectivity index (χ3v) is 7.94. The normalized spacial score (nSPS) is 15.2. The van der Waals surface area contributed by atoms with E-state index in [1.807, 2.05) is 19.1 Å². The molecule has 1 saturated heterocycles. The monoisotopic (exact) mass is 471 g/mol. The summed E-state index contributed by atoms with van der Waals surface area (Å²) in [6, 6.07) is 15.3. The van der Waals surface area contributed by atoms with Crippen molar-refractivity contribution in [3.8, 4) is 6.07 Å². The number of piperidine rings is 1. The van der Waals surface area contributed by atoms with Gasteiger partial charge in [0, 0.05) is 32.1 Å². The topological polar surface area (TPSA) is 81.5 Å². The number of carbonyl (C=O) groups excluding carboxylic acids is 1. The van der Waals surface area contributed by atoms with Crippen LogP contribution in [0.1, 0.15) is 49.3 Å². The number of nitriles is 1. The first-order valence-electron chi connectivity index (χ1n) is 11.3. The molecule has 1 heterocycles. The number of carbonyl (C=O) groups is 1. The maximum absolute atomic E-state index is 13.7. The Morgan fingerprint density at radius 2 is 1.79 bits per heavy atom. The van der Waals surface area contributed by atoms with Gasteiger partial charge >= 0.3 is 0 Å². The van der Waals surface area contributed by atoms with E-state index in [4.69, 9.17) is 5.26 Å². The zero-order valence-corrected chi connectivity index (χ0v) is 19.7. The van der Waals surface area contributed by atoms with E-state index < -0.39 is 10.0 Å². The van der Waals surface area contributed by atoms with Gasteiger partial charge in [0.2, 0.25) is 15.9 Å². The van der Waals surface area contributed by atoms with Crippen LogP contribution in [0.4, 0.5) is 4.39 Å². The van der Waals surface area contributed by atoms with E-state index in [0.29, 0.717) is 50.0 Å². The molecule has 0 saturated carbocycles. The average molecular weight is 472 g/mol. The molecule has 0 aliphatic carbocycles. The molecule has 0 unspecified atom stereocenters. The molecule has 33 heavy (non-hydrogen) atoms. The van der Waals surface area contributed by atoms with Crippen molar-refractivity contribution in [1.29, 1.82) is 5.26 Å². The van der Waals surface area contributed by atoms with Gasteiger partial charge in [0.05, 0.1) is 17.4 Å². The van der Waals surface area contributed by atoms with Gasteiger partial charge in [0.1, 0.15) is 5.82 Å². The molecule has 1 aliphatic heterocycles. The second-order valence-electron chi connectivity index (χ2n) is 8.48. The number of benzene rings is 2. The summed E-state index contributed by atoms with van der Waals surface area (Å²) in [7, 11) is -3.28. The largest absolute Gasteiger partial charge is 0.334 e. The zero-order valence-electron chi connectivity index (χ0n) is 18.9. The second-order valence-corrected chi connectivity index (χ2v) is 10.6. The Morgan fingerprint density at radius 3 is 2.39 bits per heavy atom. The number of amides is 1. The summed E-state index contributed by atoms with van der Waals surface area (Å²) < 4.78 is 40.2. The van der Waals surface area contributed by atoms with E-state index in [1.54, 1.807) is 29.2 Å². The third kappa shape index (κ3) is 6.86. The highest BCUT2D eigenvalue weighted by Gasteiger charge is 2.33. The molecule has 176 valence electrons. The van der Waals surface area contributed by atoms with Crippen molar-refractivity contribution in [2.45, 2.75) is 45.7 Å². The van der Waals surface area contributed by atoms with E-state index in [-0.39, 0.29) is 29.9 Å². The molecule has 2 aromatic rings. The predicted octanol–water partition coefficient (Wildman–Crippen LogP) is 4.07. The molecule has 0 aromatic heterocycles. The number of rotatable bonds is 9. The standard InChI is InChI=1S/C25H30FN3O3S/c1-2-3-15-33(31,32)29-13-11-23(12-14-29)25(30)28(19-22-5-4-6-24(26)16-22)18-21-9-7-20(17-27)8-10-21/h4-10,16,23H,2-3,11-15,18-19H2,1H3. The first-order valence-corrected chi connectivity index (χ1v) is 12.9. The van der Waals surface area contributed by atoms with E-state index in [1.165, 1.54) is 16.4 Å². The first-order chi connectivity index (χ1) is 15.8. The summed E-state index contributed by atoms with van der Waals surface area (Å²) in [6.45, 7) is 3.23. The first kappa shape index (κ1) is 24.9. The van der Waals surface area contributed by atoms with Crippen molar-refractivity contribution >= 4 is 15.9 Å². The Hall–Kier alpha value is -2.76. The minimum absolute atomic E-state index is 0.0609. The van der Waals surface area contributed by atoms with Gasteiger partial charge in [0.15, 0.2) is 0 Å². The van der Waals surface area contributed by atoms with Crippen LogP contribution in [-0.2, 0) is 27.9 Å². The molecule has 0 atom stereocenters. The number of hydrogen-bond acceptors (Lipinski definition) is 4. The smallest absolute Gasteiger partial charge is 0.226 e. The molecule has 0 N–H and O–H groups in total. The Labute approximate surface area is 195 Å². The summed E-state index contributed by atoms with van der Waals surface area (Å²) in [6.07, 6.45) is 2.39. The van der Waals surface area contributed by atoms with E-state index in [2.05, 4.69) is 6.07 Å². The number of nitrogens with zero attached hydrogens (tertiary/aromatic N) is 3. The highest BCUT2D eigenvalue weighted by molar-refractivity contribution is 7.89. The SMILES string of the molecule is CCCCS(=O)(=O)N1CCC(C(=O)N(Cc2ccc(C#N)cc2)Cc2cccc(F)c2)CC1. The molecule has 2 aromatic carbocycles. The van der Waals surface area contributed by atoms with Crippen LogP contribution in [0.3, 0.4) is 0 Å². The Bertz CT molecular complexity index is 1090. The molecular weight excluding hydrogens is 441 g/mol. The molecule has 1 fully saturated rings. The quantitative estimate of drug-likeness (QED) is 0.552. The minimum Gasteiger partial charge on any atom is -0.334 e. The predicted molar refractivity (Wildman–Crippen MR) is 125 cm³/mol. The lowest BCUT2D eigenvalue weighted by Crippen LogP contribution is -2.44. The van der Waals surface area contributed by atoms with E-state index in [0.717, 1.165) is 12.0 Å². The Balaban J connectivity index is 1.72. The molecule has 0 spiro atoms. The lowest BCUT2D eigenvalue weighted by molar-refractivity contribution is -0.138. The molecule has 1 aliphatic rings. The fourth-order valence-corrected chi connectivity index (χ4v) is 5.75. The van der Waals surface area contributed by atoms with Crippen molar-refractivity contribution in [3.63, 3.8) is 0 Å². The number of sulfonamides is 1. The Kier molecular flexibility index (Phi) is 8.59. The molecule has 3 rings (SSSR count). The van der Waals surface area contributed by atoms with Crippen LogP contribution in [-0.4, -0.2) is 42.4 Å². The van der Waals surface area contributed by atoms with Crippen molar-refractivity contribution in [1.82, 2.24) is 9.21 Å². The van der Waals surface area contributed by atoms with Crippen LogP contribution < -0.4 is 0 Å². The van der Waals surface area contributed by atoms with Gasteiger partial charge in [-0.3, -0.25) is 4.79 Å². The van der Waals surface area contributed by atoms with Gasteiger partial charge in [-0.2, -0.15) is 5.26 Å². The summed E-state index contributed by atoms with van der Waals surface area (Å²) in [4.78, 5) is 15.2. The van der Waals surface area contributed by atoms with Gasteiger partial charge < -0.3 is 4.90 Å². The fourth-order valence-electron chi connectivity index (χ4n) is 4.07. The van der Waals surface area contributed by atoms with Crippen LogP contribution in [0.2, 0.25) is 0 Å². The van der Waals surface area contributed by atoms with Crippen LogP contribution in [0.5, 0.6) is 0 Å². The van der Waals surface area contributed by atoms with Crippen molar-refractivity contribution in [3.05, 3.63) is 71.0 Å². The van der Waals surface area contributed by atoms with Gasteiger partial charge in [-0.05, 0) is 54.7 Å². The maximum Gasteiger partial charge on any atom is 0.226 e. The Morgan fingerprint density at radius 1 is 1.12 bits per heavy atom. The van der Waals surface area contributed by atoms with Crippen LogP contribution >= 0.6 is 0 Å². The molecule has 8 heteroatoms. The van der Waals surface area contributed by atoms with Crippen molar-refractivity contribution < 1.29 is 17.6 Å². The lowest BCUT2D eigenvalue weighted by atomic mass is 9.96. The van der Waals surface area contributed by atoms with Crippen LogP contribution in [0.25, 0.3) is 0 Å². The second kappa shape index (κ2) is 11.4. The molecular formula is C25H30FN3O3S. The van der Waals surface area contributed by atoms with Crippen molar-refractivity contribution in [2.75, 3.05) is 18.8 Å². The number of unbranched alkanes of at least 4 members (excludes halogenated alkanes) is 1. The van der Waals surface area contributed by atoms with E-state index in [9.17, 15) is 17.6 Å². The van der Waals surface area contributed by atoms with Gasteiger partial charge in [-0.25, -0.2) is 17.1 Å². The third-order valence-electron chi connectivity index (χ3n) is 5.98. The highest BCUT2D eigenvalue weighted by atomic mass is 32.2. The molecule has 1 amide bonds. The van der Waals surface area contributed by atoms with Gasteiger partial charge in [-0.15, -0.1) is 0 Å². The zero-order chi connectivity index (χ0) is 23.8. The molecule has 0 bridgehead atoms. The maximum atomic E-state index is 13.7. The summed E-state index contributed by atoms with van der Waals surface area (Å²) in [5.41, 5.74) is 2.10. The average Bonchev–Trinajstić information content (AvgIpc) is 2.82. The van der Waals surface area contributed by atoms with Crippen molar-refractivity contribution in [2.24, 2.45) is 5.92 Å². The number of halogens is 1. The van der Waals surface area contributed by atoms with Crippen LogP contribution in [0.15, 0.2) is 48.5 Å². The highest BCUT2D eigenvalue weighted by Crippen LogP contribution is 2.24. The van der Waals surface area contributed by atoms with Gasteiger partial charge in [-0.1, -0.05) is 37.6 Å².